The topological polar surface area (TPSA) is 471 Å². The van der Waals surface area contributed by atoms with E-state index in [9.17, 15) is 90.4 Å². The predicted octanol–water partition coefficient (Wildman–Crippen LogP) is 11.5. The molecule has 10 rings (SSSR count). The Balaban J connectivity index is 0.649. The van der Waals surface area contributed by atoms with Crippen LogP contribution in [0.15, 0.2) is 192 Å². The second-order valence-corrected chi connectivity index (χ2v) is 39.6. The van der Waals surface area contributed by atoms with Gasteiger partial charge in [-0.3, -0.25) is 42.2 Å². The number of rotatable bonds is 43. The number of allylic oxidation sites excluding steroid dienone is 6. The lowest BCUT2D eigenvalue weighted by atomic mass is 9.79. The number of ether oxygens (including phenoxy) is 3. The number of nitrogens with zero attached hydrogens (tertiary/aromatic N) is 3. The van der Waals surface area contributed by atoms with E-state index in [0.717, 1.165) is 23.3 Å². The maximum Gasteiger partial charge on any atom is 0.303 e. The first kappa shape index (κ1) is 95.0. The fraction of sp³-hybridized carbons (Fsp3) is 0.369. The average Bonchev–Trinajstić information content (AvgIpc) is 1.56. The SMILES string of the molecule is CCN1/C(=C/C=C/C=C/C2=[N+](CCCCCC(=O)NCCCOCCOCCOCCCNC(=O)[C@H](CCC(=O)O)NC(=O)[C@H](C)NC(=O)[C@H](Cc3cc(-c4ccc(-c5cccc(Cl)c5)cc4)no3)CP(=O)(O)c3ccc(Br)cc3)c3ccc4c(S(=O)(=O)O)cc(S(=O)(=O)O)cc4c3C2(C)C)C(C)(C)c2c1ccc1c(S(=O)(=O)[O-])cc(S(=O)(=O)O)cc21. The number of carboxylic acid groups (broad SMARTS) is 1. The standard InChI is InChI=1S/C84H96BrClN7O24PS4/c1-7-92-70-33-30-64-66(48-62(119(102,103)104)50-72(64)121(108,109)110)78(70)83(3,4)74(92)19-10-8-11-20-75-84(5,6)79-67-49-63(120(105,106)107)51-73(122(111,112)113)65(67)31-34-71(79)93(75)38-13-9-12-21-76(94)87-36-15-39-114-41-43-116-44-42-115-40-16-37-88-82(99)68(32-35-77(95)96)90-80(97)53(2)89-81(98)57(52-118(100,101)61-28-26-58(85)27-29-61)46-60-47-69(91-117-60)55-24-22-54(23-25-55)56-17-14-18-59(86)45-56/h8,10-11,14,17-20,22-31,33-34,45,47-51,53,57,68H,7,9,12-13,15-16,21,32,35-44,46,52H2,1-6H3,(H9-,87,88,89,90,94,95,96,97,98,99,100,101,102,103,104,105,106,107,108,109,110,111,112,113)/t53-,57+,68-/m0/s1. The summed E-state index contributed by atoms with van der Waals surface area (Å²) in [5.74, 6) is -4.67. The largest absolute Gasteiger partial charge is 0.744 e. The third-order valence-corrected chi connectivity index (χ3v) is 27.2. The number of benzene rings is 7. The van der Waals surface area contributed by atoms with Crippen LogP contribution in [0.1, 0.15) is 110 Å². The van der Waals surface area contributed by atoms with Gasteiger partial charge in [-0.25, -0.2) is 8.42 Å². The molecule has 0 saturated heterocycles. The molecule has 31 nitrogen and oxygen atoms in total. The summed E-state index contributed by atoms with van der Waals surface area (Å²) < 4.78 is 183. The molecule has 0 saturated carbocycles. The summed E-state index contributed by atoms with van der Waals surface area (Å²) >= 11 is 9.53. The number of amides is 4. The van der Waals surface area contributed by atoms with Crippen LogP contribution in [-0.2, 0) is 100 Å². The van der Waals surface area contributed by atoms with Crippen molar-refractivity contribution in [1.29, 1.82) is 0 Å². The van der Waals surface area contributed by atoms with E-state index in [2.05, 4.69) is 42.4 Å². The van der Waals surface area contributed by atoms with Gasteiger partial charge in [-0.2, -0.15) is 29.8 Å². The monoisotopic (exact) mass is 1860 g/mol. The second-order valence-electron chi connectivity index (χ2n) is 30.4. The van der Waals surface area contributed by atoms with Gasteiger partial charge in [0, 0.05) is 131 Å². The van der Waals surface area contributed by atoms with Gasteiger partial charge in [-0.1, -0.05) is 107 Å². The summed E-state index contributed by atoms with van der Waals surface area (Å²) in [6.45, 7) is 13.4. The molecule has 7 aromatic carbocycles. The normalized spacial score (nSPS) is 15.7. The van der Waals surface area contributed by atoms with Gasteiger partial charge >= 0.3 is 5.97 Å². The van der Waals surface area contributed by atoms with E-state index in [1.807, 2.05) is 98.7 Å². The molecule has 1 aromatic heterocycles. The molecular weight excluding hydrogens is 1770 g/mol. The molecule has 2 aliphatic heterocycles. The Morgan fingerprint density at radius 2 is 1.25 bits per heavy atom. The maximum atomic E-state index is 14.1. The second kappa shape index (κ2) is 40.6. The van der Waals surface area contributed by atoms with Gasteiger partial charge in [0.15, 0.2) is 5.71 Å². The van der Waals surface area contributed by atoms with Gasteiger partial charge in [0.2, 0.25) is 36.7 Å². The third kappa shape index (κ3) is 24.0. The van der Waals surface area contributed by atoms with Crippen LogP contribution in [0.2, 0.25) is 5.02 Å². The van der Waals surface area contributed by atoms with Gasteiger partial charge in [0.25, 0.3) is 30.4 Å². The quantitative estimate of drug-likeness (QED) is 0.00563. The molecule has 654 valence electrons. The predicted molar refractivity (Wildman–Crippen MR) is 461 cm³/mol. The molecule has 0 fully saturated rings. The number of hydrogen-bond acceptors (Lipinski definition) is 21. The molecule has 0 radical (unpaired) electrons. The number of unbranched alkanes of at least 4 members (excludes halogenated alkanes) is 2. The lowest BCUT2D eigenvalue weighted by Crippen LogP contribution is -2.54. The molecule has 0 aliphatic carbocycles. The van der Waals surface area contributed by atoms with E-state index in [4.69, 9.17) is 30.3 Å². The van der Waals surface area contributed by atoms with Gasteiger partial charge in [0.1, 0.15) is 45.1 Å². The summed E-state index contributed by atoms with van der Waals surface area (Å²) in [5, 5.41) is 25.4. The highest BCUT2D eigenvalue weighted by molar-refractivity contribution is 9.10. The first-order valence-corrected chi connectivity index (χ1v) is 47.8. The van der Waals surface area contributed by atoms with Crippen molar-refractivity contribution in [3.8, 4) is 22.4 Å². The number of halogens is 2. The Morgan fingerprint density at radius 1 is 0.648 bits per heavy atom. The number of aliphatic carboxylic acids is 1. The van der Waals surface area contributed by atoms with Gasteiger partial charge in [-0.05, 0) is 172 Å². The number of carbonyl (C=O) groups excluding carboxylic acids is 4. The van der Waals surface area contributed by atoms with Crippen LogP contribution in [0.5, 0.6) is 0 Å². The van der Waals surface area contributed by atoms with Crippen LogP contribution in [0, 0.1) is 5.92 Å². The number of anilines is 1. The van der Waals surface area contributed by atoms with Gasteiger partial charge in [-0.15, -0.1) is 0 Å². The molecule has 2 aliphatic rings. The van der Waals surface area contributed by atoms with E-state index in [-0.39, 0.29) is 97.4 Å². The van der Waals surface area contributed by atoms with Crippen molar-refractivity contribution < 1.29 is 114 Å². The fourth-order valence-corrected chi connectivity index (χ4v) is 19.9. The van der Waals surface area contributed by atoms with Crippen molar-refractivity contribution in [1.82, 2.24) is 26.4 Å². The summed E-state index contributed by atoms with van der Waals surface area (Å²) in [6, 6.07) is 29.8. The first-order valence-electron chi connectivity index (χ1n) is 39.1. The van der Waals surface area contributed by atoms with Crippen LogP contribution in [0.3, 0.4) is 0 Å². The molecule has 9 N–H and O–H groups in total. The molecule has 122 heavy (non-hydrogen) atoms. The maximum absolute atomic E-state index is 14.1. The number of hydrogen-bond donors (Lipinski definition) is 9. The van der Waals surface area contributed by atoms with Crippen molar-refractivity contribution in [3.63, 3.8) is 0 Å². The third-order valence-electron chi connectivity index (χ3n) is 21.0. The summed E-state index contributed by atoms with van der Waals surface area (Å²) in [4.78, 5) is 76.1. The minimum absolute atomic E-state index is 0.00803. The van der Waals surface area contributed by atoms with Crippen molar-refractivity contribution >= 4 is 149 Å². The van der Waals surface area contributed by atoms with Crippen LogP contribution in [0.25, 0.3) is 43.9 Å². The molecule has 3 heterocycles. The van der Waals surface area contributed by atoms with E-state index >= 15 is 0 Å². The molecule has 4 amide bonds. The van der Waals surface area contributed by atoms with E-state index in [1.165, 1.54) is 31.2 Å². The highest BCUT2D eigenvalue weighted by atomic mass is 79.9. The summed E-state index contributed by atoms with van der Waals surface area (Å²) in [6.07, 6.45) is 10.2. The number of nitrogens with one attached hydrogen (secondary N) is 4. The Bertz CT molecular complexity index is 5940. The Labute approximate surface area is 721 Å². The van der Waals surface area contributed by atoms with Crippen molar-refractivity contribution in [2.75, 3.05) is 76.9 Å². The van der Waals surface area contributed by atoms with E-state index in [1.54, 1.807) is 54.6 Å². The van der Waals surface area contributed by atoms with Crippen LogP contribution < -0.4 is 31.5 Å². The first-order chi connectivity index (χ1) is 57.5. The Morgan fingerprint density at radius 3 is 1.87 bits per heavy atom. The average molecular weight is 1860 g/mol. The van der Waals surface area contributed by atoms with Crippen molar-refractivity contribution in [2.24, 2.45) is 5.92 Å². The zero-order valence-corrected chi connectivity index (χ0v) is 74.1. The molecular formula is C84H96BrClN7O24PS4. The summed E-state index contributed by atoms with van der Waals surface area (Å²) in [5.41, 5.74) is 4.64. The molecule has 8 aromatic rings. The number of fused-ring (bicyclic) bond motifs is 6. The number of carbonyl (C=O) groups is 5. The lowest BCUT2D eigenvalue weighted by molar-refractivity contribution is -0.438. The molecule has 1 unspecified atom stereocenters. The Hall–Kier alpha value is -9.21. The van der Waals surface area contributed by atoms with Gasteiger partial charge in [0.05, 0.1) is 52.4 Å². The zero-order chi connectivity index (χ0) is 88.9. The zero-order valence-electron chi connectivity index (χ0n) is 67.6. The van der Waals surface area contributed by atoms with Crippen LogP contribution in [0.4, 0.5) is 11.4 Å². The fourth-order valence-electron chi connectivity index (χ4n) is 15.0. The van der Waals surface area contributed by atoms with Crippen LogP contribution >= 0.6 is 34.9 Å². The molecule has 4 atom stereocenters. The minimum atomic E-state index is -5.22. The smallest absolute Gasteiger partial charge is 0.303 e. The van der Waals surface area contributed by atoms with Crippen LogP contribution in [-0.4, -0.2) is 191 Å². The molecule has 0 bridgehead atoms. The number of likely N-dealkylation sites (N-methyl/N-ethyl adjacent to an activating group) is 1. The highest BCUT2D eigenvalue weighted by Gasteiger charge is 2.47. The number of carboxylic acids is 1. The number of aromatic nitrogens is 1. The van der Waals surface area contributed by atoms with E-state index in [0.29, 0.717) is 125 Å². The molecule has 38 heteroatoms. The summed E-state index contributed by atoms with van der Waals surface area (Å²) in [7, 11) is -24.4. The van der Waals surface area contributed by atoms with Gasteiger partial charge < -0.3 is 59.5 Å². The Kier molecular flexibility index (Phi) is 31.6. The highest BCUT2D eigenvalue weighted by Crippen LogP contribution is 2.52. The minimum Gasteiger partial charge on any atom is -0.744 e. The van der Waals surface area contributed by atoms with E-state index < -0.39 is 133 Å². The van der Waals surface area contributed by atoms with Crippen molar-refractivity contribution in [2.45, 2.75) is 142 Å². The van der Waals surface area contributed by atoms with Crippen molar-refractivity contribution in [3.05, 3.63) is 190 Å². The molecule has 0 spiro atoms. The lowest BCUT2D eigenvalue weighted by Gasteiger charge is -2.26.